The van der Waals surface area contributed by atoms with E-state index >= 15 is 0 Å². The van der Waals surface area contributed by atoms with Crippen LogP contribution in [0.25, 0.3) is 0 Å². The van der Waals surface area contributed by atoms with E-state index in [9.17, 15) is 0 Å². The highest BCUT2D eigenvalue weighted by atomic mass is 14.9. The zero-order chi connectivity index (χ0) is 11.4. The van der Waals surface area contributed by atoms with Crippen LogP contribution >= 0.6 is 0 Å². The lowest BCUT2D eigenvalue weighted by Crippen LogP contribution is -2.33. The summed E-state index contributed by atoms with van der Waals surface area (Å²) < 4.78 is 0. The van der Waals surface area contributed by atoms with Gasteiger partial charge in [0.1, 0.15) is 0 Å². The molecule has 3 nitrogen and oxygen atoms in total. The van der Waals surface area contributed by atoms with Crippen LogP contribution < -0.4 is 11.1 Å². The molecule has 3 heteroatoms. The van der Waals surface area contributed by atoms with Crippen LogP contribution in [0.2, 0.25) is 0 Å². The average molecular weight is 219 g/mol. The van der Waals surface area contributed by atoms with Crippen molar-refractivity contribution in [3.05, 3.63) is 30.1 Å². The summed E-state index contributed by atoms with van der Waals surface area (Å²) >= 11 is 0. The molecule has 0 spiro atoms. The first kappa shape index (κ1) is 11.6. The Morgan fingerprint density at radius 1 is 1.38 bits per heavy atom. The molecular formula is C13H21N3. The van der Waals surface area contributed by atoms with Crippen LogP contribution in [-0.4, -0.2) is 18.1 Å². The van der Waals surface area contributed by atoms with E-state index < -0.39 is 0 Å². The van der Waals surface area contributed by atoms with E-state index in [0.717, 1.165) is 0 Å². The predicted molar refractivity (Wildman–Crippen MR) is 66.0 cm³/mol. The fourth-order valence-corrected chi connectivity index (χ4v) is 2.61. The fourth-order valence-electron chi connectivity index (χ4n) is 2.61. The van der Waals surface area contributed by atoms with Gasteiger partial charge in [0.25, 0.3) is 0 Å². The van der Waals surface area contributed by atoms with Gasteiger partial charge in [0.2, 0.25) is 0 Å². The maximum atomic E-state index is 6.30. The Kier molecular flexibility index (Phi) is 3.91. The molecule has 1 fully saturated rings. The highest BCUT2D eigenvalue weighted by Gasteiger charge is 2.25. The van der Waals surface area contributed by atoms with Gasteiger partial charge in [-0.25, -0.2) is 0 Å². The molecule has 3 N–H and O–H groups in total. The second-order valence-electron chi connectivity index (χ2n) is 4.71. The number of nitrogens with zero attached hydrogens (tertiary/aromatic N) is 1. The third-order valence-corrected chi connectivity index (χ3v) is 3.76. The summed E-state index contributed by atoms with van der Waals surface area (Å²) in [6.45, 7) is 0. The largest absolute Gasteiger partial charge is 0.324 e. The maximum Gasteiger partial charge on any atom is 0.0338 e. The van der Waals surface area contributed by atoms with E-state index in [0.29, 0.717) is 12.0 Å². The number of aromatic nitrogens is 1. The third kappa shape index (κ3) is 2.60. The van der Waals surface area contributed by atoms with Gasteiger partial charge in [0, 0.05) is 24.5 Å². The van der Waals surface area contributed by atoms with Crippen molar-refractivity contribution in [2.24, 2.45) is 11.7 Å². The van der Waals surface area contributed by atoms with Gasteiger partial charge in [0.05, 0.1) is 0 Å². The second kappa shape index (κ2) is 5.41. The van der Waals surface area contributed by atoms with E-state index in [1.54, 1.807) is 6.20 Å². The van der Waals surface area contributed by atoms with Crippen LogP contribution in [-0.2, 0) is 0 Å². The third-order valence-electron chi connectivity index (χ3n) is 3.76. The van der Waals surface area contributed by atoms with Crippen molar-refractivity contribution in [1.82, 2.24) is 10.3 Å². The van der Waals surface area contributed by atoms with Crippen molar-refractivity contribution in [3.8, 4) is 0 Å². The van der Waals surface area contributed by atoms with Gasteiger partial charge in [-0.2, -0.15) is 0 Å². The predicted octanol–water partition coefficient (Wildman–Crippen LogP) is 1.86. The SMILES string of the molecule is CNC1CCC(C(N)c2cccnc2)CC1. The summed E-state index contributed by atoms with van der Waals surface area (Å²) in [5.41, 5.74) is 7.47. The molecule has 1 aliphatic rings. The van der Waals surface area contributed by atoms with E-state index in [1.807, 2.05) is 19.3 Å². The van der Waals surface area contributed by atoms with Gasteiger partial charge in [-0.1, -0.05) is 6.07 Å². The van der Waals surface area contributed by atoms with Crippen molar-refractivity contribution in [2.45, 2.75) is 37.8 Å². The van der Waals surface area contributed by atoms with Gasteiger partial charge in [-0.3, -0.25) is 4.98 Å². The Hall–Kier alpha value is -0.930. The smallest absolute Gasteiger partial charge is 0.0338 e. The highest BCUT2D eigenvalue weighted by molar-refractivity contribution is 5.14. The van der Waals surface area contributed by atoms with Crippen LogP contribution in [0.1, 0.15) is 37.3 Å². The molecule has 0 radical (unpaired) electrons. The molecule has 88 valence electrons. The van der Waals surface area contributed by atoms with E-state index in [-0.39, 0.29) is 6.04 Å². The molecule has 16 heavy (non-hydrogen) atoms. The summed E-state index contributed by atoms with van der Waals surface area (Å²) in [5.74, 6) is 0.619. The molecule has 1 unspecified atom stereocenters. The van der Waals surface area contributed by atoms with Crippen LogP contribution in [0, 0.1) is 5.92 Å². The standard InChI is InChI=1S/C13H21N3/c1-15-12-6-4-10(5-7-12)13(14)11-3-2-8-16-9-11/h2-3,8-10,12-13,15H,4-7,14H2,1H3. The Labute approximate surface area is 97.5 Å². The van der Waals surface area contributed by atoms with Gasteiger partial charge >= 0.3 is 0 Å². The normalized spacial score (nSPS) is 27.6. The summed E-state index contributed by atoms with van der Waals surface area (Å²) in [6, 6.07) is 4.90. The number of hydrogen-bond donors (Lipinski definition) is 2. The molecule has 0 bridgehead atoms. The monoisotopic (exact) mass is 219 g/mol. The molecule has 0 amide bonds. The van der Waals surface area contributed by atoms with Gasteiger partial charge in [-0.15, -0.1) is 0 Å². The zero-order valence-electron chi connectivity index (χ0n) is 9.89. The first-order valence-electron chi connectivity index (χ1n) is 6.14. The Bertz CT molecular complexity index is 304. The fraction of sp³-hybridized carbons (Fsp3) is 0.615. The second-order valence-corrected chi connectivity index (χ2v) is 4.71. The first-order valence-corrected chi connectivity index (χ1v) is 6.14. The number of nitrogens with one attached hydrogen (secondary N) is 1. The minimum atomic E-state index is 0.159. The molecule has 0 saturated heterocycles. The molecule has 1 heterocycles. The lowest BCUT2D eigenvalue weighted by Gasteiger charge is -2.32. The Morgan fingerprint density at radius 3 is 2.69 bits per heavy atom. The topological polar surface area (TPSA) is 50.9 Å². The minimum absolute atomic E-state index is 0.159. The van der Waals surface area contributed by atoms with Crippen molar-refractivity contribution >= 4 is 0 Å². The van der Waals surface area contributed by atoms with Crippen molar-refractivity contribution in [3.63, 3.8) is 0 Å². The zero-order valence-corrected chi connectivity index (χ0v) is 9.89. The van der Waals surface area contributed by atoms with Crippen LogP contribution in [0.15, 0.2) is 24.5 Å². The molecule has 0 aromatic carbocycles. The minimum Gasteiger partial charge on any atom is -0.324 e. The summed E-state index contributed by atoms with van der Waals surface area (Å²) in [5, 5.41) is 3.35. The molecular weight excluding hydrogens is 198 g/mol. The van der Waals surface area contributed by atoms with Crippen LogP contribution in [0.4, 0.5) is 0 Å². The molecule has 1 aromatic heterocycles. The number of hydrogen-bond acceptors (Lipinski definition) is 3. The first-order chi connectivity index (χ1) is 7.81. The van der Waals surface area contributed by atoms with Crippen molar-refractivity contribution in [2.75, 3.05) is 7.05 Å². The Balaban J connectivity index is 1.94. The molecule has 1 aromatic rings. The summed E-state index contributed by atoms with van der Waals surface area (Å²) in [6.07, 6.45) is 8.64. The number of pyridine rings is 1. The van der Waals surface area contributed by atoms with Gasteiger partial charge in [-0.05, 0) is 50.3 Å². The van der Waals surface area contributed by atoms with Gasteiger partial charge in [0.15, 0.2) is 0 Å². The highest BCUT2D eigenvalue weighted by Crippen LogP contribution is 2.32. The lowest BCUT2D eigenvalue weighted by atomic mass is 9.80. The van der Waals surface area contributed by atoms with E-state index in [4.69, 9.17) is 5.73 Å². The Morgan fingerprint density at radius 2 is 2.12 bits per heavy atom. The lowest BCUT2D eigenvalue weighted by molar-refractivity contribution is 0.266. The quantitative estimate of drug-likeness (QED) is 0.816. The van der Waals surface area contributed by atoms with Crippen molar-refractivity contribution in [1.29, 1.82) is 0 Å². The molecule has 1 aliphatic carbocycles. The van der Waals surface area contributed by atoms with E-state index in [1.165, 1.54) is 31.2 Å². The van der Waals surface area contributed by atoms with Crippen LogP contribution in [0.5, 0.6) is 0 Å². The van der Waals surface area contributed by atoms with Gasteiger partial charge < -0.3 is 11.1 Å². The summed E-state index contributed by atoms with van der Waals surface area (Å²) in [4.78, 5) is 4.14. The maximum absolute atomic E-state index is 6.30. The molecule has 2 rings (SSSR count). The number of rotatable bonds is 3. The summed E-state index contributed by atoms with van der Waals surface area (Å²) in [7, 11) is 2.05. The average Bonchev–Trinajstić information content (AvgIpc) is 2.39. The molecule has 1 saturated carbocycles. The van der Waals surface area contributed by atoms with Crippen molar-refractivity contribution < 1.29 is 0 Å². The van der Waals surface area contributed by atoms with E-state index in [2.05, 4.69) is 16.4 Å². The molecule has 1 atom stereocenters. The molecule has 0 aliphatic heterocycles. The number of nitrogens with two attached hydrogens (primary N) is 1. The van der Waals surface area contributed by atoms with Crippen LogP contribution in [0.3, 0.4) is 0 Å².